The van der Waals surface area contributed by atoms with E-state index < -0.39 is 0 Å². The van der Waals surface area contributed by atoms with Crippen LogP contribution in [0, 0.1) is 18.8 Å². The number of rotatable bonds is 2. The lowest BCUT2D eigenvalue weighted by molar-refractivity contribution is 0.762. The molecule has 0 saturated carbocycles. The van der Waals surface area contributed by atoms with Crippen molar-refractivity contribution in [3.8, 4) is 11.8 Å². The highest BCUT2D eigenvalue weighted by molar-refractivity contribution is 7.12. The van der Waals surface area contributed by atoms with Gasteiger partial charge in [-0.05, 0) is 25.1 Å². The Hall–Kier alpha value is -1.83. The highest BCUT2D eigenvalue weighted by Crippen LogP contribution is 2.16. The average molecular weight is 258 g/mol. The van der Waals surface area contributed by atoms with Crippen LogP contribution in [-0.2, 0) is 6.54 Å². The van der Waals surface area contributed by atoms with Crippen LogP contribution in [0.3, 0.4) is 0 Å². The van der Waals surface area contributed by atoms with Crippen LogP contribution in [0.1, 0.15) is 15.3 Å². The van der Waals surface area contributed by atoms with E-state index in [4.69, 9.17) is 5.73 Å². The second-order valence-electron chi connectivity index (χ2n) is 3.90. The number of thiophene rings is 1. The lowest BCUT2D eigenvalue weighted by Crippen LogP contribution is -2.21. The van der Waals surface area contributed by atoms with Crippen molar-refractivity contribution in [2.45, 2.75) is 13.5 Å². The predicted octanol–water partition coefficient (Wildman–Crippen LogP) is 1.58. The summed E-state index contributed by atoms with van der Waals surface area (Å²) < 4.78 is 1.71. The second kappa shape index (κ2) is 5.67. The van der Waals surface area contributed by atoms with E-state index in [0.717, 1.165) is 15.3 Å². The molecule has 0 aliphatic rings. The molecule has 2 N–H and O–H groups in total. The van der Waals surface area contributed by atoms with E-state index in [-0.39, 0.29) is 5.56 Å². The molecule has 2 aromatic heterocycles. The molecule has 2 heterocycles. The summed E-state index contributed by atoms with van der Waals surface area (Å²) in [6.07, 6.45) is 1.81. The third kappa shape index (κ3) is 2.89. The van der Waals surface area contributed by atoms with E-state index in [1.165, 1.54) is 0 Å². The predicted molar refractivity (Wildman–Crippen MR) is 74.8 cm³/mol. The molecule has 92 valence electrons. The van der Waals surface area contributed by atoms with Crippen molar-refractivity contribution < 1.29 is 0 Å². The van der Waals surface area contributed by atoms with E-state index in [9.17, 15) is 4.79 Å². The fraction of sp³-hybridized carbons (Fsp3) is 0.214. The number of nitrogens with zero attached hydrogens (tertiary/aromatic N) is 1. The Labute approximate surface area is 110 Å². The maximum Gasteiger partial charge on any atom is 0.253 e. The summed E-state index contributed by atoms with van der Waals surface area (Å²) in [5.74, 6) is 5.81. The first-order valence-electron chi connectivity index (χ1n) is 5.64. The van der Waals surface area contributed by atoms with Crippen molar-refractivity contribution in [2.24, 2.45) is 5.73 Å². The van der Waals surface area contributed by atoms with Crippen LogP contribution in [0.5, 0.6) is 0 Å². The Kier molecular flexibility index (Phi) is 3.98. The molecule has 0 aliphatic carbocycles. The van der Waals surface area contributed by atoms with Gasteiger partial charge in [0, 0.05) is 16.6 Å². The van der Waals surface area contributed by atoms with Crippen molar-refractivity contribution in [3.63, 3.8) is 0 Å². The first-order chi connectivity index (χ1) is 8.70. The first kappa shape index (κ1) is 12.6. The largest absolute Gasteiger partial charge is 0.320 e. The van der Waals surface area contributed by atoms with Crippen LogP contribution in [-0.4, -0.2) is 11.1 Å². The van der Waals surface area contributed by atoms with E-state index in [1.807, 2.05) is 31.2 Å². The molecule has 2 rings (SSSR count). The minimum absolute atomic E-state index is 0.0560. The molecule has 0 unspecified atom stereocenters. The normalized spacial score (nSPS) is 9.89. The van der Waals surface area contributed by atoms with E-state index >= 15 is 0 Å². The summed E-state index contributed by atoms with van der Waals surface area (Å²) >= 11 is 1.59. The van der Waals surface area contributed by atoms with Crippen LogP contribution in [0.4, 0.5) is 0 Å². The summed E-state index contributed by atoms with van der Waals surface area (Å²) in [6, 6.07) is 7.67. The smallest absolute Gasteiger partial charge is 0.253 e. The molecule has 0 bridgehead atoms. The quantitative estimate of drug-likeness (QED) is 0.831. The molecule has 0 aromatic carbocycles. The van der Waals surface area contributed by atoms with E-state index in [0.29, 0.717) is 13.1 Å². The molecule has 0 fully saturated rings. The van der Waals surface area contributed by atoms with Gasteiger partial charge in [0.15, 0.2) is 0 Å². The summed E-state index contributed by atoms with van der Waals surface area (Å²) in [5, 5.41) is 0. The van der Waals surface area contributed by atoms with Gasteiger partial charge in [0.05, 0.1) is 18.0 Å². The number of aromatic nitrogens is 1. The van der Waals surface area contributed by atoms with Gasteiger partial charge < -0.3 is 10.3 Å². The summed E-state index contributed by atoms with van der Waals surface area (Å²) in [5.41, 5.74) is 6.15. The van der Waals surface area contributed by atoms with Gasteiger partial charge in [0.25, 0.3) is 5.56 Å². The molecule has 18 heavy (non-hydrogen) atoms. The van der Waals surface area contributed by atoms with Crippen molar-refractivity contribution in [3.05, 3.63) is 56.1 Å². The highest BCUT2D eigenvalue weighted by Gasteiger charge is 2.02. The maximum absolute atomic E-state index is 11.9. The molecule has 0 amide bonds. The van der Waals surface area contributed by atoms with Gasteiger partial charge in [-0.25, -0.2) is 0 Å². The fourth-order valence-electron chi connectivity index (χ4n) is 1.62. The molecule has 0 atom stereocenters. The molecule has 3 nitrogen and oxygen atoms in total. The summed E-state index contributed by atoms with van der Waals surface area (Å²) in [4.78, 5) is 14.0. The summed E-state index contributed by atoms with van der Waals surface area (Å²) in [7, 11) is 0. The second-order valence-corrected chi connectivity index (χ2v) is 5.06. The molecular weight excluding hydrogens is 244 g/mol. The maximum atomic E-state index is 11.9. The van der Waals surface area contributed by atoms with Crippen molar-refractivity contribution in [2.75, 3.05) is 6.54 Å². The summed E-state index contributed by atoms with van der Waals surface area (Å²) in [6.45, 7) is 2.78. The molecule has 0 radical (unpaired) electrons. The Morgan fingerprint density at radius 1 is 1.39 bits per heavy atom. The Balaban J connectivity index is 2.21. The van der Waals surface area contributed by atoms with Crippen molar-refractivity contribution in [1.29, 1.82) is 0 Å². The van der Waals surface area contributed by atoms with Crippen LogP contribution < -0.4 is 11.3 Å². The van der Waals surface area contributed by atoms with Gasteiger partial charge in [-0.1, -0.05) is 17.9 Å². The van der Waals surface area contributed by atoms with Gasteiger partial charge in [-0.15, -0.1) is 11.3 Å². The third-order valence-corrected chi connectivity index (χ3v) is 3.50. The number of pyridine rings is 1. The van der Waals surface area contributed by atoms with Gasteiger partial charge in [0.1, 0.15) is 0 Å². The standard InChI is InChI=1S/C14H14N2OS/c1-11-4-3-9-16(14(11)17)10-13-7-6-12(18-13)5-2-8-15/h3-4,6-7,9H,8,10,15H2,1H3. The lowest BCUT2D eigenvalue weighted by atomic mass is 10.3. The molecule has 0 spiro atoms. The minimum Gasteiger partial charge on any atom is -0.320 e. The van der Waals surface area contributed by atoms with Crippen LogP contribution >= 0.6 is 11.3 Å². The Bertz CT molecular complexity index is 658. The number of hydrogen-bond donors (Lipinski definition) is 1. The van der Waals surface area contributed by atoms with Gasteiger partial charge in [-0.2, -0.15) is 0 Å². The SMILES string of the molecule is Cc1cccn(Cc2ccc(C#CCN)s2)c1=O. The first-order valence-corrected chi connectivity index (χ1v) is 6.46. The average Bonchev–Trinajstić information content (AvgIpc) is 2.80. The number of hydrogen-bond acceptors (Lipinski definition) is 3. The molecule has 0 saturated heterocycles. The zero-order valence-electron chi connectivity index (χ0n) is 10.1. The molecule has 4 heteroatoms. The zero-order valence-corrected chi connectivity index (χ0v) is 11.0. The fourth-order valence-corrected chi connectivity index (χ4v) is 2.50. The van der Waals surface area contributed by atoms with Crippen LogP contribution in [0.2, 0.25) is 0 Å². The number of nitrogens with two attached hydrogens (primary N) is 1. The lowest BCUT2D eigenvalue weighted by Gasteiger charge is -2.03. The topological polar surface area (TPSA) is 48.0 Å². The van der Waals surface area contributed by atoms with Crippen LogP contribution in [0.15, 0.2) is 35.3 Å². The monoisotopic (exact) mass is 258 g/mol. The number of aryl methyl sites for hydroxylation is 1. The molecular formula is C14H14N2OS. The van der Waals surface area contributed by atoms with Crippen molar-refractivity contribution >= 4 is 11.3 Å². The Morgan fingerprint density at radius 2 is 2.22 bits per heavy atom. The minimum atomic E-state index is 0.0560. The van der Waals surface area contributed by atoms with E-state index in [1.54, 1.807) is 22.1 Å². The van der Waals surface area contributed by atoms with E-state index in [2.05, 4.69) is 11.8 Å². The molecule has 2 aromatic rings. The van der Waals surface area contributed by atoms with Gasteiger partial charge >= 0.3 is 0 Å². The van der Waals surface area contributed by atoms with Gasteiger partial charge in [-0.3, -0.25) is 4.79 Å². The highest BCUT2D eigenvalue weighted by atomic mass is 32.1. The molecule has 0 aliphatic heterocycles. The van der Waals surface area contributed by atoms with Crippen LogP contribution in [0.25, 0.3) is 0 Å². The Morgan fingerprint density at radius 3 is 3.00 bits per heavy atom. The van der Waals surface area contributed by atoms with Gasteiger partial charge in [0.2, 0.25) is 0 Å². The third-order valence-electron chi connectivity index (χ3n) is 2.51. The van der Waals surface area contributed by atoms with Crippen molar-refractivity contribution in [1.82, 2.24) is 4.57 Å². The zero-order chi connectivity index (χ0) is 13.0.